The highest BCUT2D eigenvalue weighted by Crippen LogP contribution is 2.09. The molecule has 90 valence electrons. The molecule has 1 aromatic carbocycles. The number of hydrogen-bond donors (Lipinski definition) is 2. The highest BCUT2D eigenvalue weighted by Gasteiger charge is 1.97. The van der Waals surface area contributed by atoms with Crippen LogP contribution in [0.4, 0.5) is 0 Å². The summed E-state index contributed by atoms with van der Waals surface area (Å²) in [6, 6.07) is 6.48. The van der Waals surface area contributed by atoms with Crippen molar-refractivity contribution in [1.29, 1.82) is 0 Å². The molecule has 0 radical (unpaired) electrons. The summed E-state index contributed by atoms with van der Waals surface area (Å²) in [5.41, 5.74) is 3.94. The highest BCUT2D eigenvalue weighted by atomic mass is 16.5. The maximum atomic E-state index is 8.52. The smallest absolute Gasteiger partial charge is 0.0698 e. The van der Waals surface area contributed by atoms with Gasteiger partial charge >= 0.3 is 0 Å². The van der Waals surface area contributed by atoms with Crippen molar-refractivity contribution in [3.63, 3.8) is 0 Å². The van der Waals surface area contributed by atoms with Crippen LogP contribution in [0.5, 0.6) is 0 Å². The first kappa shape index (κ1) is 13.2. The summed E-state index contributed by atoms with van der Waals surface area (Å²) < 4.78 is 5.16. The highest BCUT2D eigenvalue weighted by molar-refractivity contribution is 5.30. The Morgan fingerprint density at radius 2 is 2.06 bits per heavy atom. The number of aliphatic hydroxyl groups is 1. The van der Waals surface area contributed by atoms with E-state index in [0.717, 1.165) is 13.1 Å². The first-order valence-corrected chi connectivity index (χ1v) is 5.69. The van der Waals surface area contributed by atoms with E-state index in [-0.39, 0.29) is 6.61 Å². The minimum Gasteiger partial charge on any atom is -0.394 e. The number of benzene rings is 1. The van der Waals surface area contributed by atoms with Gasteiger partial charge in [-0.3, -0.25) is 0 Å². The molecule has 0 aromatic heterocycles. The Morgan fingerprint density at radius 3 is 2.81 bits per heavy atom. The Balaban J connectivity index is 2.23. The first-order chi connectivity index (χ1) is 7.74. The third kappa shape index (κ3) is 4.75. The largest absolute Gasteiger partial charge is 0.394 e. The van der Waals surface area contributed by atoms with Gasteiger partial charge in [0.25, 0.3) is 0 Å². The molecule has 3 heteroatoms. The van der Waals surface area contributed by atoms with E-state index in [1.807, 2.05) is 0 Å². The lowest BCUT2D eigenvalue weighted by Crippen LogP contribution is -2.20. The van der Waals surface area contributed by atoms with Gasteiger partial charge in [-0.2, -0.15) is 0 Å². The van der Waals surface area contributed by atoms with Crippen molar-refractivity contribution in [1.82, 2.24) is 5.32 Å². The van der Waals surface area contributed by atoms with Gasteiger partial charge < -0.3 is 15.2 Å². The molecular formula is C13H21NO2. The van der Waals surface area contributed by atoms with Crippen LogP contribution in [0.2, 0.25) is 0 Å². The lowest BCUT2D eigenvalue weighted by Gasteiger charge is -2.09. The Morgan fingerprint density at radius 1 is 1.25 bits per heavy atom. The molecule has 3 nitrogen and oxygen atoms in total. The summed E-state index contributed by atoms with van der Waals surface area (Å²) in [7, 11) is 0. The van der Waals surface area contributed by atoms with Crippen molar-refractivity contribution in [2.75, 3.05) is 26.4 Å². The molecule has 0 amide bonds. The van der Waals surface area contributed by atoms with Crippen LogP contribution in [0.15, 0.2) is 18.2 Å². The molecule has 0 spiro atoms. The molecule has 0 saturated heterocycles. The molecule has 0 unspecified atom stereocenters. The minimum absolute atomic E-state index is 0.0942. The Kier molecular flexibility index (Phi) is 6.08. The lowest BCUT2D eigenvalue weighted by molar-refractivity contribution is 0.0938. The van der Waals surface area contributed by atoms with Crippen LogP contribution in [0, 0.1) is 13.8 Å². The fraction of sp³-hybridized carbons (Fsp3) is 0.538. The van der Waals surface area contributed by atoms with E-state index in [4.69, 9.17) is 9.84 Å². The number of hydrogen-bond acceptors (Lipinski definition) is 3. The molecule has 0 fully saturated rings. The molecule has 2 N–H and O–H groups in total. The molecular weight excluding hydrogens is 202 g/mol. The van der Waals surface area contributed by atoms with Gasteiger partial charge in [-0.05, 0) is 25.0 Å². The van der Waals surface area contributed by atoms with Crippen LogP contribution in [-0.4, -0.2) is 31.5 Å². The van der Waals surface area contributed by atoms with Crippen LogP contribution in [0.1, 0.15) is 16.7 Å². The van der Waals surface area contributed by atoms with Crippen LogP contribution in [0.25, 0.3) is 0 Å². The number of aryl methyl sites for hydroxylation is 2. The number of rotatable bonds is 7. The zero-order valence-corrected chi connectivity index (χ0v) is 10.1. The Hall–Kier alpha value is -0.900. The van der Waals surface area contributed by atoms with E-state index in [0.29, 0.717) is 13.2 Å². The number of aliphatic hydroxyl groups excluding tert-OH is 1. The monoisotopic (exact) mass is 223 g/mol. The van der Waals surface area contributed by atoms with E-state index in [9.17, 15) is 0 Å². The van der Waals surface area contributed by atoms with Gasteiger partial charge in [-0.25, -0.2) is 0 Å². The Bertz CT molecular complexity index is 313. The molecule has 0 heterocycles. The van der Waals surface area contributed by atoms with Crippen molar-refractivity contribution in [3.8, 4) is 0 Å². The zero-order chi connectivity index (χ0) is 11.8. The zero-order valence-electron chi connectivity index (χ0n) is 10.1. The number of nitrogens with one attached hydrogen (secondary N) is 1. The molecule has 0 saturated carbocycles. The van der Waals surface area contributed by atoms with Crippen LogP contribution < -0.4 is 5.32 Å². The predicted molar refractivity (Wildman–Crippen MR) is 65.5 cm³/mol. The molecule has 1 aromatic rings. The van der Waals surface area contributed by atoms with Gasteiger partial charge in [0.05, 0.1) is 19.8 Å². The maximum absolute atomic E-state index is 8.52. The summed E-state index contributed by atoms with van der Waals surface area (Å²) in [4.78, 5) is 0. The third-order valence-electron chi connectivity index (χ3n) is 2.48. The average Bonchev–Trinajstić information content (AvgIpc) is 2.28. The topological polar surface area (TPSA) is 41.5 Å². The average molecular weight is 223 g/mol. The molecule has 0 aliphatic rings. The molecule has 16 heavy (non-hydrogen) atoms. The van der Waals surface area contributed by atoms with Gasteiger partial charge in [-0.15, -0.1) is 0 Å². The lowest BCUT2D eigenvalue weighted by atomic mass is 10.1. The molecule has 0 aliphatic carbocycles. The van der Waals surface area contributed by atoms with E-state index in [1.165, 1.54) is 16.7 Å². The summed E-state index contributed by atoms with van der Waals surface area (Å²) in [6.45, 7) is 7.07. The van der Waals surface area contributed by atoms with E-state index >= 15 is 0 Å². The summed E-state index contributed by atoms with van der Waals surface area (Å²) >= 11 is 0. The molecule has 0 bridgehead atoms. The van der Waals surface area contributed by atoms with Gasteiger partial charge in [0.2, 0.25) is 0 Å². The van der Waals surface area contributed by atoms with Crippen molar-refractivity contribution in [3.05, 3.63) is 34.9 Å². The maximum Gasteiger partial charge on any atom is 0.0698 e. The summed E-state index contributed by atoms with van der Waals surface area (Å²) in [5.74, 6) is 0. The second-order valence-electron chi connectivity index (χ2n) is 3.94. The second kappa shape index (κ2) is 7.39. The van der Waals surface area contributed by atoms with Gasteiger partial charge in [0, 0.05) is 13.1 Å². The normalized spacial score (nSPS) is 10.7. The van der Waals surface area contributed by atoms with Crippen LogP contribution in [-0.2, 0) is 11.3 Å². The van der Waals surface area contributed by atoms with E-state index < -0.39 is 0 Å². The second-order valence-corrected chi connectivity index (χ2v) is 3.94. The summed E-state index contributed by atoms with van der Waals surface area (Å²) in [5, 5.41) is 11.8. The van der Waals surface area contributed by atoms with Gasteiger partial charge in [0.1, 0.15) is 0 Å². The third-order valence-corrected chi connectivity index (χ3v) is 2.48. The fourth-order valence-electron chi connectivity index (χ4n) is 1.52. The van der Waals surface area contributed by atoms with Gasteiger partial charge in [-0.1, -0.05) is 23.8 Å². The van der Waals surface area contributed by atoms with Crippen molar-refractivity contribution < 1.29 is 9.84 Å². The van der Waals surface area contributed by atoms with Crippen molar-refractivity contribution in [2.24, 2.45) is 0 Å². The minimum atomic E-state index is 0.0942. The predicted octanol–water partition coefficient (Wildman–Crippen LogP) is 1.40. The number of ether oxygens (including phenoxy) is 1. The van der Waals surface area contributed by atoms with E-state index in [2.05, 4.69) is 37.4 Å². The van der Waals surface area contributed by atoms with Crippen molar-refractivity contribution >= 4 is 0 Å². The fourth-order valence-corrected chi connectivity index (χ4v) is 1.52. The van der Waals surface area contributed by atoms with Crippen LogP contribution in [0.3, 0.4) is 0 Å². The quantitative estimate of drug-likeness (QED) is 0.687. The molecule has 0 atom stereocenters. The summed E-state index contributed by atoms with van der Waals surface area (Å²) in [6.07, 6.45) is 0. The van der Waals surface area contributed by atoms with Crippen LogP contribution >= 0.6 is 0 Å². The first-order valence-electron chi connectivity index (χ1n) is 5.69. The SMILES string of the molecule is Cc1ccc(C)c(CNCCOCCO)c1. The Labute approximate surface area is 97.4 Å². The standard InChI is InChI=1S/C13H21NO2/c1-11-3-4-12(2)13(9-11)10-14-5-7-16-8-6-15/h3-4,9,14-15H,5-8,10H2,1-2H3. The molecule has 1 rings (SSSR count). The van der Waals surface area contributed by atoms with E-state index in [1.54, 1.807) is 0 Å². The van der Waals surface area contributed by atoms with Crippen molar-refractivity contribution in [2.45, 2.75) is 20.4 Å². The molecule has 0 aliphatic heterocycles. The van der Waals surface area contributed by atoms with Gasteiger partial charge in [0.15, 0.2) is 0 Å².